The van der Waals surface area contributed by atoms with Gasteiger partial charge in [-0.1, -0.05) is 28.1 Å². The van der Waals surface area contributed by atoms with Gasteiger partial charge in [0.15, 0.2) is 0 Å². The smallest absolute Gasteiger partial charge is 0.321 e. The fourth-order valence-electron chi connectivity index (χ4n) is 2.37. The van der Waals surface area contributed by atoms with Crippen molar-refractivity contribution in [1.29, 1.82) is 0 Å². The molecule has 0 aliphatic carbocycles. The molecule has 2 rings (SSSR count). The number of amides is 3. The summed E-state index contributed by atoms with van der Waals surface area (Å²) in [6, 6.07) is 7.06. The van der Waals surface area contributed by atoms with Crippen LogP contribution in [0.4, 0.5) is 4.79 Å². The predicted molar refractivity (Wildman–Crippen MR) is 86.5 cm³/mol. The molecule has 7 heteroatoms. The highest BCUT2D eigenvalue weighted by Crippen LogP contribution is 2.25. The molecule has 2 atom stereocenters. The first-order valence-electron chi connectivity index (χ1n) is 7.15. The minimum atomic E-state index is -0.492. The van der Waals surface area contributed by atoms with Crippen LogP contribution >= 0.6 is 15.9 Å². The molecule has 1 fully saturated rings. The van der Waals surface area contributed by atoms with Crippen LogP contribution in [0.15, 0.2) is 28.7 Å². The van der Waals surface area contributed by atoms with E-state index in [1.165, 1.54) is 7.05 Å². The van der Waals surface area contributed by atoms with Gasteiger partial charge in [-0.3, -0.25) is 15.0 Å². The Labute approximate surface area is 138 Å². The Hall–Kier alpha value is -1.44. The Balaban J connectivity index is 2.00. The van der Waals surface area contributed by atoms with Crippen molar-refractivity contribution in [3.8, 4) is 0 Å². The summed E-state index contributed by atoms with van der Waals surface area (Å²) in [4.78, 5) is 25.3. The number of hydrogen-bond acceptors (Lipinski definition) is 4. The highest BCUT2D eigenvalue weighted by molar-refractivity contribution is 9.10. The number of rotatable bonds is 3. The molecular formula is C15H20BrN3O3. The normalized spacial score (nSPS) is 20.2. The summed E-state index contributed by atoms with van der Waals surface area (Å²) in [5, 5.41) is 4.69. The van der Waals surface area contributed by atoms with Crippen molar-refractivity contribution in [2.45, 2.75) is 19.1 Å². The molecule has 22 heavy (non-hydrogen) atoms. The number of morpholine rings is 1. The Kier molecular flexibility index (Phi) is 5.93. The maximum absolute atomic E-state index is 12.0. The van der Waals surface area contributed by atoms with Gasteiger partial charge in [-0.15, -0.1) is 0 Å². The molecule has 1 aromatic carbocycles. The highest BCUT2D eigenvalue weighted by Gasteiger charge is 2.29. The summed E-state index contributed by atoms with van der Waals surface area (Å²) in [5.74, 6) is -0.311. The Bertz CT molecular complexity index is 553. The summed E-state index contributed by atoms with van der Waals surface area (Å²) in [6.07, 6.45) is -0.0819. The molecule has 0 unspecified atom stereocenters. The molecule has 0 bridgehead atoms. The van der Waals surface area contributed by atoms with E-state index in [0.717, 1.165) is 10.0 Å². The lowest BCUT2D eigenvalue weighted by Crippen LogP contribution is -2.52. The SMILES string of the molecule is CNC(=O)NC(=O)[C@@H](C)N1CCO[C@@H](c2cccc(Br)c2)C1. The van der Waals surface area contributed by atoms with Gasteiger partial charge in [-0.2, -0.15) is 0 Å². The molecule has 1 heterocycles. The number of benzene rings is 1. The van der Waals surface area contributed by atoms with E-state index in [1.807, 2.05) is 29.2 Å². The number of carbonyl (C=O) groups is 2. The second-order valence-electron chi connectivity index (χ2n) is 5.15. The standard InChI is InChI=1S/C15H20BrN3O3/c1-10(14(20)18-15(21)17-2)19-6-7-22-13(9-19)11-4-3-5-12(16)8-11/h3-5,8,10,13H,6-7,9H2,1-2H3,(H2,17,18,20,21)/t10-,13-/m1/s1. The minimum Gasteiger partial charge on any atom is -0.371 e. The van der Waals surface area contributed by atoms with Crippen molar-refractivity contribution < 1.29 is 14.3 Å². The molecule has 1 aromatic rings. The molecule has 120 valence electrons. The van der Waals surface area contributed by atoms with E-state index < -0.39 is 12.1 Å². The first-order chi connectivity index (χ1) is 10.5. The van der Waals surface area contributed by atoms with Crippen LogP contribution in [0, 0.1) is 0 Å². The number of carbonyl (C=O) groups excluding carboxylic acids is 2. The monoisotopic (exact) mass is 369 g/mol. The maximum atomic E-state index is 12.0. The summed E-state index contributed by atoms with van der Waals surface area (Å²) >= 11 is 3.45. The van der Waals surface area contributed by atoms with Gasteiger partial charge in [-0.05, 0) is 24.6 Å². The quantitative estimate of drug-likeness (QED) is 0.849. The van der Waals surface area contributed by atoms with Crippen LogP contribution < -0.4 is 10.6 Å². The number of hydrogen-bond donors (Lipinski definition) is 2. The third-order valence-electron chi connectivity index (χ3n) is 3.71. The van der Waals surface area contributed by atoms with Gasteiger partial charge in [0.1, 0.15) is 0 Å². The Morgan fingerprint density at radius 1 is 1.45 bits per heavy atom. The van der Waals surface area contributed by atoms with Crippen molar-refractivity contribution in [2.75, 3.05) is 26.7 Å². The van der Waals surface area contributed by atoms with Gasteiger partial charge in [0.05, 0.1) is 18.8 Å². The second-order valence-corrected chi connectivity index (χ2v) is 6.07. The zero-order valence-corrected chi connectivity index (χ0v) is 14.2. The van der Waals surface area contributed by atoms with E-state index in [4.69, 9.17) is 4.74 Å². The summed E-state index contributed by atoms with van der Waals surface area (Å²) < 4.78 is 6.80. The van der Waals surface area contributed by atoms with Gasteiger partial charge in [-0.25, -0.2) is 4.79 Å². The van der Waals surface area contributed by atoms with Crippen molar-refractivity contribution in [1.82, 2.24) is 15.5 Å². The van der Waals surface area contributed by atoms with Crippen molar-refractivity contribution in [3.05, 3.63) is 34.3 Å². The lowest BCUT2D eigenvalue weighted by molar-refractivity contribution is -0.128. The van der Waals surface area contributed by atoms with Crippen LogP contribution in [0.5, 0.6) is 0 Å². The fraction of sp³-hybridized carbons (Fsp3) is 0.467. The van der Waals surface area contributed by atoms with Crippen LogP contribution in [0.1, 0.15) is 18.6 Å². The van der Waals surface area contributed by atoms with Gasteiger partial charge >= 0.3 is 6.03 Å². The molecule has 0 radical (unpaired) electrons. The van der Waals surface area contributed by atoms with Crippen molar-refractivity contribution >= 4 is 27.9 Å². The first kappa shape index (κ1) is 16.9. The topological polar surface area (TPSA) is 70.7 Å². The molecule has 6 nitrogen and oxygen atoms in total. The first-order valence-corrected chi connectivity index (χ1v) is 7.94. The average molecular weight is 370 g/mol. The number of imide groups is 1. The maximum Gasteiger partial charge on any atom is 0.321 e. The van der Waals surface area contributed by atoms with Crippen LogP contribution in [0.2, 0.25) is 0 Å². The minimum absolute atomic E-state index is 0.0819. The van der Waals surface area contributed by atoms with Crippen molar-refractivity contribution in [3.63, 3.8) is 0 Å². The van der Waals surface area contributed by atoms with Gasteiger partial charge < -0.3 is 10.1 Å². The van der Waals surface area contributed by atoms with E-state index in [2.05, 4.69) is 26.6 Å². The Morgan fingerprint density at radius 2 is 2.23 bits per heavy atom. The third kappa shape index (κ3) is 4.28. The van der Waals surface area contributed by atoms with E-state index in [1.54, 1.807) is 6.92 Å². The summed E-state index contributed by atoms with van der Waals surface area (Å²) in [6.45, 7) is 3.61. The van der Waals surface area contributed by atoms with Gasteiger partial charge in [0.25, 0.3) is 0 Å². The summed E-state index contributed by atoms with van der Waals surface area (Å²) in [7, 11) is 1.48. The van der Waals surface area contributed by atoms with Crippen LogP contribution in [0.25, 0.3) is 0 Å². The molecule has 0 aromatic heterocycles. The highest BCUT2D eigenvalue weighted by atomic mass is 79.9. The molecule has 1 aliphatic heterocycles. The average Bonchev–Trinajstić information content (AvgIpc) is 2.54. The van der Waals surface area contributed by atoms with E-state index in [-0.39, 0.29) is 12.0 Å². The molecule has 0 spiro atoms. The molecular weight excluding hydrogens is 350 g/mol. The lowest BCUT2D eigenvalue weighted by atomic mass is 10.1. The van der Waals surface area contributed by atoms with Gasteiger partial charge in [0, 0.05) is 24.6 Å². The Morgan fingerprint density at radius 3 is 2.91 bits per heavy atom. The van der Waals surface area contributed by atoms with Crippen molar-refractivity contribution in [2.24, 2.45) is 0 Å². The van der Waals surface area contributed by atoms with Crippen LogP contribution in [-0.2, 0) is 9.53 Å². The van der Waals surface area contributed by atoms with E-state index in [9.17, 15) is 9.59 Å². The van der Waals surface area contributed by atoms with Gasteiger partial charge in [0.2, 0.25) is 5.91 Å². The van der Waals surface area contributed by atoms with E-state index in [0.29, 0.717) is 19.7 Å². The van der Waals surface area contributed by atoms with Crippen LogP contribution in [-0.4, -0.2) is 49.6 Å². The number of nitrogens with one attached hydrogen (secondary N) is 2. The van der Waals surface area contributed by atoms with Crippen LogP contribution in [0.3, 0.4) is 0 Å². The summed E-state index contributed by atoms with van der Waals surface area (Å²) in [5.41, 5.74) is 1.07. The predicted octanol–water partition coefficient (Wildman–Crippen LogP) is 1.67. The zero-order valence-electron chi connectivity index (χ0n) is 12.6. The molecule has 1 aliphatic rings. The van der Waals surface area contributed by atoms with E-state index >= 15 is 0 Å². The molecule has 1 saturated heterocycles. The number of halogens is 1. The molecule has 3 amide bonds. The zero-order chi connectivity index (χ0) is 16.1. The second kappa shape index (κ2) is 7.71. The largest absolute Gasteiger partial charge is 0.371 e. The fourth-order valence-corrected chi connectivity index (χ4v) is 2.79. The lowest BCUT2D eigenvalue weighted by Gasteiger charge is -2.36. The third-order valence-corrected chi connectivity index (χ3v) is 4.20. The number of nitrogens with zero attached hydrogens (tertiary/aromatic N) is 1. The molecule has 0 saturated carbocycles. The molecule has 2 N–H and O–H groups in total. The number of ether oxygens (including phenoxy) is 1. The number of urea groups is 1.